The maximum atomic E-state index is 12.7. The van der Waals surface area contributed by atoms with Crippen molar-refractivity contribution in [2.45, 2.75) is 6.18 Å². The van der Waals surface area contributed by atoms with Crippen molar-refractivity contribution in [3.8, 4) is 11.5 Å². The summed E-state index contributed by atoms with van der Waals surface area (Å²) in [6.07, 6.45) is -2.16. The van der Waals surface area contributed by atoms with Crippen molar-refractivity contribution >= 4 is 29.3 Å². The van der Waals surface area contributed by atoms with Crippen LogP contribution >= 0.6 is 11.6 Å². The molecule has 1 amide bonds. The summed E-state index contributed by atoms with van der Waals surface area (Å²) in [5.74, 6) is 0.555. The van der Waals surface area contributed by atoms with Crippen LogP contribution in [-0.4, -0.2) is 12.7 Å². The smallest absolute Gasteiger partial charge is 0.416 e. The lowest BCUT2D eigenvalue weighted by Crippen LogP contribution is -2.08. The van der Waals surface area contributed by atoms with Gasteiger partial charge in [-0.15, -0.1) is 0 Å². The highest BCUT2D eigenvalue weighted by Gasteiger charge is 2.30. The fourth-order valence-corrected chi connectivity index (χ4v) is 2.35. The van der Waals surface area contributed by atoms with E-state index in [2.05, 4.69) is 5.32 Å². The molecule has 0 spiro atoms. The predicted molar refractivity (Wildman–Crippen MR) is 86.7 cm³/mol. The lowest BCUT2D eigenvalue weighted by molar-refractivity contribution is -0.137. The van der Waals surface area contributed by atoms with E-state index in [1.807, 2.05) is 0 Å². The molecule has 2 aromatic carbocycles. The minimum Gasteiger partial charge on any atom is -0.454 e. The molecular weight excluding hydrogens is 359 g/mol. The molecule has 0 aliphatic carbocycles. The molecular formula is C17H11ClF3NO3. The summed E-state index contributed by atoms with van der Waals surface area (Å²) in [6, 6.07) is 7.76. The number of rotatable bonds is 3. The van der Waals surface area contributed by atoms with Gasteiger partial charge in [0.15, 0.2) is 11.5 Å². The van der Waals surface area contributed by atoms with Gasteiger partial charge in [0.25, 0.3) is 0 Å². The molecule has 25 heavy (non-hydrogen) atoms. The zero-order valence-corrected chi connectivity index (χ0v) is 13.3. The van der Waals surface area contributed by atoms with E-state index in [1.165, 1.54) is 6.08 Å². The van der Waals surface area contributed by atoms with Gasteiger partial charge in [-0.05, 0) is 42.0 Å². The summed E-state index contributed by atoms with van der Waals surface area (Å²) in [7, 11) is 0. The Balaban J connectivity index is 1.72. The van der Waals surface area contributed by atoms with E-state index >= 15 is 0 Å². The first-order valence-electron chi connectivity index (χ1n) is 7.08. The number of carbonyl (C=O) groups excluding carboxylic acids is 1. The van der Waals surface area contributed by atoms with Crippen LogP contribution in [0.25, 0.3) is 6.08 Å². The average molecular weight is 370 g/mol. The highest BCUT2D eigenvalue weighted by Crippen LogP contribution is 2.34. The SMILES string of the molecule is O=C(/C=C/c1cc(C(F)(F)F)ccc1Cl)Nc1ccc2c(c1)OCO2. The molecule has 4 nitrogen and oxygen atoms in total. The number of alkyl halides is 3. The number of benzene rings is 2. The number of halogens is 4. The quantitative estimate of drug-likeness (QED) is 0.795. The predicted octanol–water partition coefficient (Wildman–Crippen LogP) is 4.74. The van der Waals surface area contributed by atoms with E-state index in [1.54, 1.807) is 18.2 Å². The Kier molecular flexibility index (Phi) is 4.59. The molecule has 1 aliphatic rings. The van der Waals surface area contributed by atoms with Crippen LogP contribution in [-0.2, 0) is 11.0 Å². The second-order valence-electron chi connectivity index (χ2n) is 5.12. The third kappa shape index (κ3) is 4.06. The van der Waals surface area contributed by atoms with Gasteiger partial charge in [-0.3, -0.25) is 4.79 Å². The minimum absolute atomic E-state index is 0.0947. The van der Waals surface area contributed by atoms with E-state index < -0.39 is 17.6 Å². The molecule has 8 heteroatoms. The standard InChI is InChI=1S/C17H11ClF3NO3/c18-13-4-2-11(17(19,20)21)7-10(13)1-6-16(23)22-12-3-5-14-15(8-12)25-9-24-14/h1-8H,9H2,(H,22,23)/b6-1+. The molecule has 1 aliphatic heterocycles. The summed E-state index contributed by atoms with van der Waals surface area (Å²) in [5, 5.41) is 2.69. The topological polar surface area (TPSA) is 47.6 Å². The van der Waals surface area contributed by atoms with E-state index in [-0.39, 0.29) is 17.4 Å². The fourth-order valence-electron chi connectivity index (χ4n) is 2.17. The number of hydrogen-bond donors (Lipinski definition) is 1. The first-order chi connectivity index (χ1) is 11.8. The third-order valence-corrected chi connectivity index (χ3v) is 3.72. The Hall–Kier alpha value is -2.67. The lowest BCUT2D eigenvalue weighted by Gasteiger charge is -2.08. The first-order valence-corrected chi connectivity index (χ1v) is 7.46. The Morgan fingerprint density at radius 2 is 1.88 bits per heavy atom. The van der Waals surface area contributed by atoms with Crippen LogP contribution in [0.4, 0.5) is 18.9 Å². The van der Waals surface area contributed by atoms with Crippen molar-refractivity contribution in [2.24, 2.45) is 0 Å². The summed E-state index contributed by atoms with van der Waals surface area (Å²) in [4.78, 5) is 11.9. The molecule has 2 aromatic rings. The van der Waals surface area contributed by atoms with Gasteiger partial charge in [0.1, 0.15) is 0 Å². The van der Waals surface area contributed by atoms with Crippen LogP contribution in [0, 0.1) is 0 Å². The zero-order chi connectivity index (χ0) is 18.0. The van der Waals surface area contributed by atoms with Gasteiger partial charge in [0, 0.05) is 22.9 Å². The summed E-state index contributed by atoms with van der Waals surface area (Å²) in [5.41, 5.74) is -0.279. The van der Waals surface area contributed by atoms with Gasteiger partial charge in [0.2, 0.25) is 12.7 Å². The number of ether oxygens (including phenoxy) is 2. The molecule has 0 fully saturated rings. The van der Waals surface area contributed by atoms with Crippen molar-refractivity contribution in [2.75, 3.05) is 12.1 Å². The van der Waals surface area contributed by atoms with Crippen LogP contribution < -0.4 is 14.8 Å². The van der Waals surface area contributed by atoms with Gasteiger partial charge < -0.3 is 14.8 Å². The maximum absolute atomic E-state index is 12.7. The van der Waals surface area contributed by atoms with Crippen molar-refractivity contribution in [1.82, 2.24) is 0 Å². The molecule has 3 rings (SSSR count). The van der Waals surface area contributed by atoms with Crippen molar-refractivity contribution in [3.05, 3.63) is 58.6 Å². The Bertz CT molecular complexity index is 850. The van der Waals surface area contributed by atoms with Gasteiger partial charge >= 0.3 is 6.18 Å². The maximum Gasteiger partial charge on any atom is 0.416 e. The molecule has 0 saturated heterocycles. The highest BCUT2D eigenvalue weighted by molar-refractivity contribution is 6.32. The van der Waals surface area contributed by atoms with Crippen LogP contribution in [0.1, 0.15) is 11.1 Å². The lowest BCUT2D eigenvalue weighted by atomic mass is 10.1. The molecule has 0 saturated carbocycles. The van der Waals surface area contributed by atoms with Crippen LogP contribution in [0.15, 0.2) is 42.5 Å². The van der Waals surface area contributed by atoms with Gasteiger partial charge in [-0.1, -0.05) is 11.6 Å². The van der Waals surface area contributed by atoms with Crippen LogP contribution in [0.5, 0.6) is 11.5 Å². The normalized spacial score (nSPS) is 13.3. The molecule has 1 N–H and O–H groups in total. The number of carbonyl (C=O) groups is 1. The van der Waals surface area contributed by atoms with Crippen molar-refractivity contribution < 1.29 is 27.4 Å². The summed E-state index contributed by atoms with van der Waals surface area (Å²) >= 11 is 5.87. The molecule has 0 aromatic heterocycles. The molecule has 0 radical (unpaired) electrons. The number of amides is 1. The van der Waals surface area contributed by atoms with Gasteiger partial charge in [-0.25, -0.2) is 0 Å². The molecule has 0 atom stereocenters. The van der Waals surface area contributed by atoms with Crippen molar-refractivity contribution in [1.29, 1.82) is 0 Å². The van der Waals surface area contributed by atoms with Gasteiger partial charge in [-0.2, -0.15) is 13.2 Å². The molecule has 130 valence electrons. The van der Waals surface area contributed by atoms with E-state index in [0.29, 0.717) is 17.2 Å². The Morgan fingerprint density at radius 1 is 1.12 bits per heavy atom. The largest absolute Gasteiger partial charge is 0.454 e. The highest BCUT2D eigenvalue weighted by atomic mass is 35.5. The molecule has 1 heterocycles. The summed E-state index contributed by atoms with van der Waals surface area (Å²) < 4.78 is 48.5. The first kappa shape index (κ1) is 17.2. The number of hydrogen-bond acceptors (Lipinski definition) is 3. The number of nitrogens with one attached hydrogen (secondary N) is 1. The zero-order valence-electron chi connectivity index (χ0n) is 12.6. The molecule has 0 unspecified atom stereocenters. The number of anilines is 1. The molecule has 0 bridgehead atoms. The van der Waals surface area contributed by atoms with E-state index in [4.69, 9.17) is 21.1 Å². The fraction of sp³-hybridized carbons (Fsp3) is 0.118. The number of fused-ring (bicyclic) bond motifs is 1. The third-order valence-electron chi connectivity index (χ3n) is 3.38. The minimum atomic E-state index is -4.48. The second kappa shape index (κ2) is 6.68. The Morgan fingerprint density at radius 3 is 2.64 bits per heavy atom. The average Bonchev–Trinajstić information content (AvgIpc) is 3.00. The second-order valence-corrected chi connectivity index (χ2v) is 5.53. The van der Waals surface area contributed by atoms with E-state index in [0.717, 1.165) is 24.3 Å². The van der Waals surface area contributed by atoms with Crippen LogP contribution in [0.3, 0.4) is 0 Å². The van der Waals surface area contributed by atoms with Crippen molar-refractivity contribution in [3.63, 3.8) is 0 Å². The summed E-state index contributed by atoms with van der Waals surface area (Å²) in [6.45, 7) is 0.112. The van der Waals surface area contributed by atoms with Crippen LogP contribution in [0.2, 0.25) is 5.02 Å². The van der Waals surface area contributed by atoms with Gasteiger partial charge in [0.05, 0.1) is 5.56 Å². The monoisotopic (exact) mass is 369 g/mol. The van der Waals surface area contributed by atoms with E-state index in [9.17, 15) is 18.0 Å². The Labute approximate surface area is 145 Å².